The second kappa shape index (κ2) is 3.32. The van der Waals surface area contributed by atoms with Crippen LogP contribution in [0.3, 0.4) is 0 Å². The van der Waals surface area contributed by atoms with E-state index in [1.807, 2.05) is 6.92 Å². The number of aromatic amines is 1. The number of fused-ring (bicyclic) bond motifs is 1. The second-order valence-electron chi connectivity index (χ2n) is 5.02. The number of aryl methyl sites for hydroxylation is 1. The van der Waals surface area contributed by atoms with Gasteiger partial charge < -0.3 is 5.11 Å². The summed E-state index contributed by atoms with van der Waals surface area (Å²) in [7, 11) is 1.63. The van der Waals surface area contributed by atoms with Gasteiger partial charge >= 0.3 is 5.69 Å². The molecule has 1 saturated carbocycles. The molecule has 0 amide bonds. The molecule has 7 heteroatoms. The molecule has 2 aromatic heterocycles. The SMILES string of the molecule is Cn1nc(CO)c2c(=O)n(C3(C)CC3)c(=O)[nH]c21. The van der Waals surface area contributed by atoms with Gasteiger partial charge in [0.05, 0.1) is 12.1 Å². The molecule has 0 saturated heterocycles. The molecule has 2 N–H and O–H groups in total. The normalized spacial score (nSPS) is 17.3. The van der Waals surface area contributed by atoms with Crippen molar-refractivity contribution < 1.29 is 5.11 Å². The molecule has 0 spiro atoms. The summed E-state index contributed by atoms with van der Waals surface area (Å²) in [5, 5.41) is 13.6. The lowest BCUT2D eigenvalue weighted by Gasteiger charge is -2.11. The molecule has 7 nitrogen and oxygen atoms in total. The first-order chi connectivity index (χ1) is 8.48. The zero-order chi connectivity index (χ0) is 13.1. The van der Waals surface area contributed by atoms with E-state index in [9.17, 15) is 14.7 Å². The van der Waals surface area contributed by atoms with Crippen LogP contribution in [0.25, 0.3) is 11.0 Å². The molecule has 2 aromatic rings. The van der Waals surface area contributed by atoms with Crippen LogP contribution in [-0.4, -0.2) is 24.4 Å². The van der Waals surface area contributed by atoms with Gasteiger partial charge in [0.2, 0.25) is 0 Å². The number of aliphatic hydroxyl groups excluding tert-OH is 1. The van der Waals surface area contributed by atoms with Gasteiger partial charge in [0.15, 0.2) is 0 Å². The quantitative estimate of drug-likeness (QED) is 0.746. The Bertz CT molecular complexity index is 748. The fourth-order valence-corrected chi connectivity index (χ4v) is 2.31. The average Bonchev–Trinajstić information content (AvgIpc) is 2.95. The van der Waals surface area contributed by atoms with Crippen molar-refractivity contribution in [1.82, 2.24) is 19.3 Å². The van der Waals surface area contributed by atoms with Gasteiger partial charge in [-0.05, 0) is 19.8 Å². The third-order valence-electron chi connectivity index (χ3n) is 3.63. The van der Waals surface area contributed by atoms with Crippen LogP contribution in [-0.2, 0) is 19.2 Å². The van der Waals surface area contributed by atoms with Crippen LogP contribution in [0.5, 0.6) is 0 Å². The van der Waals surface area contributed by atoms with Gasteiger partial charge in [0.25, 0.3) is 5.56 Å². The van der Waals surface area contributed by atoms with E-state index in [2.05, 4.69) is 10.1 Å². The van der Waals surface area contributed by atoms with Crippen molar-refractivity contribution in [3.05, 3.63) is 26.5 Å². The maximum absolute atomic E-state index is 12.4. The molecule has 1 fully saturated rings. The Hall–Kier alpha value is -1.89. The topological polar surface area (TPSA) is 92.9 Å². The first-order valence-corrected chi connectivity index (χ1v) is 5.80. The monoisotopic (exact) mass is 250 g/mol. The van der Waals surface area contributed by atoms with Gasteiger partial charge in [0, 0.05) is 7.05 Å². The van der Waals surface area contributed by atoms with E-state index in [-0.39, 0.29) is 17.7 Å². The number of rotatable bonds is 2. The molecule has 0 atom stereocenters. The molecular formula is C11H14N4O3. The summed E-state index contributed by atoms with van der Waals surface area (Å²) in [5.74, 6) is 0. The second-order valence-corrected chi connectivity index (χ2v) is 5.02. The van der Waals surface area contributed by atoms with Crippen LogP contribution in [0.4, 0.5) is 0 Å². The number of hydrogen-bond donors (Lipinski definition) is 2. The van der Waals surface area contributed by atoms with Crippen LogP contribution >= 0.6 is 0 Å². The van der Waals surface area contributed by atoms with Crippen molar-refractivity contribution in [3.63, 3.8) is 0 Å². The average molecular weight is 250 g/mol. The minimum atomic E-state index is -0.417. The number of hydrogen-bond acceptors (Lipinski definition) is 4. The summed E-state index contributed by atoms with van der Waals surface area (Å²) in [6.07, 6.45) is 1.63. The molecule has 1 aliphatic carbocycles. The molecule has 0 unspecified atom stereocenters. The molecule has 0 bridgehead atoms. The molecule has 0 radical (unpaired) electrons. The van der Waals surface area contributed by atoms with Crippen LogP contribution in [0.1, 0.15) is 25.5 Å². The van der Waals surface area contributed by atoms with E-state index in [1.54, 1.807) is 7.05 Å². The van der Waals surface area contributed by atoms with Crippen molar-refractivity contribution >= 4 is 11.0 Å². The highest BCUT2D eigenvalue weighted by molar-refractivity contribution is 5.76. The van der Waals surface area contributed by atoms with E-state index < -0.39 is 5.69 Å². The predicted octanol–water partition coefficient (Wildman–Crippen LogP) is -0.575. The number of nitrogens with one attached hydrogen (secondary N) is 1. The number of nitrogens with zero attached hydrogens (tertiary/aromatic N) is 3. The lowest BCUT2D eigenvalue weighted by molar-refractivity contribution is 0.277. The third kappa shape index (κ3) is 1.30. The molecule has 0 aromatic carbocycles. The lowest BCUT2D eigenvalue weighted by Crippen LogP contribution is -2.41. The van der Waals surface area contributed by atoms with Crippen LogP contribution in [0.2, 0.25) is 0 Å². The molecule has 18 heavy (non-hydrogen) atoms. The van der Waals surface area contributed by atoms with Crippen molar-refractivity contribution in [1.29, 1.82) is 0 Å². The summed E-state index contributed by atoms with van der Waals surface area (Å²) in [6, 6.07) is 0. The Balaban J connectivity index is 2.48. The summed E-state index contributed by atoms with van der Waals surface area (Å²) in [6.45, 7) is 1.56. The van der Waals surface area contributed by atoms with Crippen molar-refractivity contribution in [2.45, 2.75) is 31.9 Å². The molecule has 0 aliphatic heterocycles. The molecule has 2 heterocycles. The maximum atomic E-state index is 12.4. The van der Waals surface area contributed by atoms with Gasteiger partial charge in [-0.25, -0.2) is 4.79 Å². The smallest absolute Gasteiger partial charge is 0.330 e. The predicted molar refractivity (Wildman–Crippen MR) is 64.4 cm³/mol. The highest BCUT2D eigenvalue weighted by Crippen LogP contribution is 2.40. The minimum Gasteiger partial charge on any atom is -0.390 e. The Kier molecular flexibility index (Phi) is 2.07. The van der Waals surface area contributed by atoms with Crippen molar-refractivity contribution in [3.8, 4) is 0 Å². The van der Waals surface area contributed by atoms with Gasteiger partial charge in [0.1, 0.15) is 16.7 Å². The van der Waals surface area contributed by atoms with Gasteiger partial charge in [-0.1, -0.05) is 0 Å². The maximum Gasteiger partial charge on any atom is 0.330 e. The zero-order valence-electron chi connectivity index (χ0n) is 10.2. The van der Waals surface area contributed by atoms with E-state index in [1.165, 1.54) is 9.25 Å². The summed E-state index contributed by atoms with van der Waals surface area (Å²) < 4.78 is 2.65. The number of aromatic nitrogens is 4. The first-order valence-electron chi connectivity index (χ1n) is 5.80. The van der Waals surface area contributed by atoms with Crippen LogP contribution in [0.15, 0.2) is 9.59 Å². The van der Waals surface area contributed by atoms with Gasteiger partial charge in [-0.3, -0.25) is 19.0 Å². The minimum absolute atomic E-state index is 0.298. The fourth-order valence-electron chi connectivity index (χ4n) is 2.31. The Morgan fingerprint density at radius 1 is 1.44 bits per heavy atom. The highest BCUT2D eigenvalue weighted by Gasteiger charge is 2.42. The molecule has 96 valence electrons. The van der Waals surface area contributed by atoms with Gasteiger partial charge in [-0.2, -0.15) is 5.10 Å². The number of H-pyrrole nitrogens is 1. The molecular weight excluding hydrogens is 236 g/mol. The third-order valence-corrected chi connectivity index (χ3v) is 3.63. The number of aliphatic hydroxyl groups is 1. The van der Waals surface area contributed by atoms with Crippen LogP contribution in [0, 0.1) is 0 Å². The van der Waals surface area contributed by atoms with Crippen molar-refractivity contribution in [2.24, 2.45) is 7.05 Å². The molecule has 1 aliphatic rings. The fraction of sp³-hybridized carbons (Fsp3) is 0.545. The van der Waals surface area contributed by atoms with Crippen LogP contribution < -0.4 is 11.2 Å². The highest BCUT2D eigenvalue weighted by atomic mass is 16.3. The van der Waals surface area contributed by atoms with Crippen molar-refractivity contribution in [2.75, 3.05) is 0 Å². The largest absolute Gasteiger partial charge is 0.390 e. The zero-order valence-corrected chi connectivity index (χ0v) is 10.2. The van der Waals surface area contributed by atoms with E-state index in [0.29, 0.717) is 16.7 Å². The first kappa shape index (κ1) is 11.2. The van der Waals surface area contributed by atoms with Gasteiger partial charge in [-0.15, -0.1) is 0 Å². The van der Waals surface area contributed by atoms with E-state index in [4.69, 9.17) is 0 Å². The Morgan fingerprint density at radius 3 is 2.67 bits per heavy atom. The van der Waals surface area contributed by atoms with E-state index in [0.717, 1.165) is 12.8 Å². The summed E-state index contributed by atoms with van der Waals surface area (Å²) >= 11 is 0. The summed E-state index contributed by atoms with van der Waals surface area (Å²) in [5.41, 5.74) is -0.520. The van der Waals surface area contributed by atoms with E-state index >= 15 is 0 Å². The standard InChI is InChI=1S/C11H14N4O3/c1-11(3-4-11)15-9(17)7-6(5-16)13-14(2)8(7)12-10(15)18/h16H,3-5H2,1-2H3,(H,12,18). The Morgan fingerprint density at radius 2 is 2.11 bits per heavy atom. The summed E-state index contributed by atoms with van der Waals surface area (Å²) in [4.78, 5) is 27.1. The lowest BCUT2D eigenvalue weighted by atomic mass is 10.2. The Labute approximate surface area is 102 Å². The molecule has 3 rings (SSSR count).